The molecule has 0 saturated carbocycles. The van der Waals surface area contributed by atoms with Crippen LogP contribution < -0.4 is 24.8 Å². The van der Waals surface area contributed by atoms with E-state index in [1.165, 1.54) is 64.2 Å². The van der Waals surface area contributed by atoms with E-state index in [4.69, 9.17) is 0 Å². The Labute approximate surface area is 263 Å². The van der Waals surface area contributed by atoms with Gasteiger partial charge in [0.05, 0.1) is 0 Å². The number of halogens is 2. The van der Waals surface area contributed by atoms with E-state index in [2.05, 4.69) is 87.6 Å². The number of hydrogen-bond acceptors (Lipinski definition) is 0. The Balaban J connectivity index is 0.00000185. The van der Waals surface area contributed by atoms with Crippen LogP contribution in [0, 0.1) is 0 Å². The van der Waals surface area contributed by atoms with E-state index in [-0.39, 0.29) is 30.2 Å². The summed E-state index contributed by atoms with van der Waals surface area (Å²) in [6, 6.07) is 23.0. The second-order valence-electron chi connectivity index (χ2n) is 12.5. The predicted molar refractivity (Wildman–Crippen MR) is 161 cm³/mol. The van der Waals surface area contributed by atoms with Gasteiger partial charge in [-0.15, -0.1) is 0 Å². The minimum Gasteiger partial charge on any atom is -1.00 e. The molecular weight excluding hydrogens is 623 g/mol. The molecule has 4 aliphatic carbocycles. The molecule has 0 spiro atoms. The molecule has 0 fully saturated rings. The van der Waals surface area contributed by atoms with Crippen molar-refractivity contribution in [1.82, 2.24) is 0 Å². The van der Waals surface area contributed by atoms with Gasteiger partial charge in [-0.25, -0.2) is 0 Å². The van der Waals surface area contributed by atoms with Crippen LogP contribution in [0.5, 0.6) is 0 Å². The van der Waals surface area contributed by atoms with E-state index in [9.17, 15) is 0 Å². The van der Waals surface area contributed by atoms with Crippen molar-refractivity contribution in [2.24, 2.45) is 0 Å². The van der Waals surface area contributed by atoms with Crippen molar-refractivity contribution >= 4 is 5.43 Å². The molecule has 0 N–H and O–H groups in total. The van der Waals surface area contributed by atoms with Crippen LogP contribution in [0.2, 0.25) is 13.1 Å². The first-order valence-electron chi connectivity index (χ1n) is 15.2. The third-order valence-electron chi connectivity index (χ3n) is 9.73. The summed E-state index contributed by atoms with van der Waals surface area (Å²) >= 11 is -2.04. The van der Waals surface area contributed by atoms with Crippen LogP contribution in [0.1, 0.15) is 101 Å². The molecule has 0 aliphatic heterocycles. The molecular formula is C36H44Cl2SiZr. The van der Waals surface area contributed by atoms with Crippen LogP contribution in [-0.2, 0) is 20.4 Å². The van der Waals surface area contributed by atoms with E-state index in [1.807, 2.05) is 28.9 Å². The number of benzene rings is 2. The average Bonchev–Trinajstić information content (AvgIpc) is 3.21. The van der Waals surface area contributed by atoms with Crippen molar-refractivity contribution in [2.75, 3.05) is 0 Å². The maximum absolute atomic E-state index is 2.69. The Hall–Kier alpha value is -0.920. The van der Waals surface area contributed by atoms with Crippen LogP contribution in [0.4, 0.5) is 0 Å². The first-order chi connectivity index (χ1) is 18.5. The van der Waals surface area contributed by atoms with Gasteiger partial charge in [0.1, 0.15) is 0 Å². The Bertz CT molecular complexity index is 1290. The first-order valence-corrected chi connectivity index (χ1v) is 23.8. The largest absolute Gasteiger partial charge is 1.00 e. The van der Waals surface area contributed by atoms with Gasteiger partial charge in [0.25, 0.3) is 0 Å². The number of hydrogen-bond donors (Lipinski definition) is 0. The van der Waals surface area contributed by atoms with Crippen LogP contribution in [0.25, 0.3) is 0 Å². The van der Waals surface area contributed by atoms with Gasteiger partial charge in [-0.3, -0.25) is 0 Å². The number of allylic oxidation sites excluding steroid dienone is 8. The Morgan fingerprint density at radius 3 is 1.38 bits per heavy atom. The minimum atomic E-state index is -2.04. The van der Waals surface area contributed by atoms with Crippen molar-refractivity contribution in [3.05, 3.63) is 112 Å². The van der Waals surface area contributed by atoms with Crippen LogP contribution >= 0.6 is 0 Å². The van der Waals surface area contributed by atoms with Crippen molar-refractivity contribution in [1.29, 1.82) is 0 Å². The second-order valence-corrected chi connectivity index (χ2v) is 29.1. The number of rotatable bonds is 4. The van der Waals surface area contributed by atoms with E-state index in [0.717, 1.165) is 0 Å². The predicted octanol–water partition coefficient (Wildman–Crippen LogP) is 4.53. The molecule has 0 nitrogen and oxygen atoms in total. The molecule has 0 amide bonds. The fourth-order valence-corrected chi connectivity index (χ4v) is 26.9. The summed E-state index contributed by atoms with van der Waals surface area (Å²) < 4.78 is 3.99. The smallest absolute Gasteiger partial charge is 1.00 e. The maximum atomic E-state index is 2.69. The van der Waals surface area contributed by atoms with E-state index in [0.29, 0.717) is 11.8 Å². The van der Waals surface area contributed by atoms with E-state index < -0.39 is 20.4 Å². The fourth-order valence-electron chi connectivity index (χ4n) is 8.14. The van der Waals surface area contributed by atoms with Gasteiger partial charge in [-0.05, 0) is 0 Å². The van der Waals surface area contributed by atoms with Gasteiger partial charge in [0.2, 0.25) is 0 Å². The van der Waals surface area contributed by atoms with Gasteiger partial charge < -0.3 is 24.8 Å². The molecule has 40 heavy (non-hydrogen) atoms. The average molecular weight is 667 g/mol. The Kier molecular flexibility index (Phi) is 11.2. The zero-order valence-electron chi connectivity index (χ0n) is 24.8. The van der Waals surface area contributed by atoms with Gasteiger partial charge in [-0.2, -0.15) is 0 Å². The molecule has 6 rings (SSSR count). The standard InChI is InChI=1S/2C17H19.C2H6Si.2ClH.Zr/c2*1-13-11-15-9-5-6-10-16(17(15)12-13)14-7-3-2-4-8-14;1-3-2;;;/h2*2-4,7-8,16H,5-6,9-10,12H2,1H3;1-2H3;2*1H;/q;;;;;+2/p-2. The van der Waals surface area contributed by atoms with Crippen molar-refractivity contribution in [3.8, 4) is 0 Å². The summed E-state index contributed by atoms with van der Waals surface area (Å²) in [5, 5.41) is 0. The third-order valence-corrected chi connectivity index (χ3v) is 27.1. The summed E-state index contributed by atoms with van der Waals surface area (Å²) in [6.45, 7) is 10.5. The first kappa shape index (κ1) is 32.0. The van der Waals surface area contributed by atoms with Gasteiger partial charge in [-0.1, -0.05) is 0 Å². The molecule has 0 saturated heterocycles. The van der Waals surface area contributed by atoms with E-state index in [1.54, 1.807) is 22.3 Å². The molecule has 210 valence electrons. The van der Waals surface area contributed by atoms with Crippen molar-refractivity contribution in [2.45, 2.75) is 103 Å². The van der Waals surface area contributed by atoms with Gasteiger partial charge >= 0.3 is 241 Å². The maximum Gasteiger partial charge on any atom is -1.00 e. The zero-order valence-corrected chi connectivity index (χ0v) is 29.7. The van der Waals surface area contributed by atoms with Crippen LogP contribution in [-0.4, -0.2) is 5.43 Å². The molecule has 2 unspecified atom stereocenters. The van der Waals surface area contributed by atoms with Gasteiger partial charge in [0, 0.05) is 0 Å². The van der Waals surface area contributed by atoms with Crippen molar-refractivity contribution < 1.29 is 45.2 Å². The van der Waals surface area contributed by atoms with Gasteiger partial charge in [0.15, 0.2) is 0 Å². The fraction of sp³-hybridized carbons (Fsp3) is 0.444. The summed E-state index contributed by atoms with van der Waals surface area (Å²) in [5.41, 5.74) is 13.7. The SMILES string of the molecule is CC1=[C]([Zr+2]([C]2=C(C)CC3=C2CCCCC3c2ccccc2)=[Si](C)C)C2=C(C1)C(c1ccccc1)CCCC2.[Cl-].[Cl-]. The monoisotopic (exact) mass is 664 g/mol. The summed E-state index contributed by atoms with van der Waals surface area (Å²) in [5.74, 6) is 1.29. The van der Waals surface area contributed by atoms with Crippen molar-refractivity contribution in [3.63, 3.8) is 0 Å². The molecule has 2 atom stereocenters. The van der Waals surface area contributed by atoms with Crippen LogP contribution in [0.3, 0.4) is 0 Å². The minimum absolute atomic E-state index is 0. The molecule has 2 aromatic rings. The second kappa shape index (κ2) is 14.0. The summed E-state index contributed by atoms with van der Waals surface area (Å²) in [4.78, 5) is 0. The molecule has 2 aromatic carbocycles. The normalized spacial score (nSPS) is 22.5. The molecule has 0 heterocycles. The third kappa shape index (κ3) is 6.08. The Morgan fingerprint density at radius 1 is 0.600 bits per heavy atom. The topological polar surface area (TPSA) is 0 Å². The summed E-state index contributed by atoms with van der Waals surface area (Å²) in [7, 11) is 0. The molecule has 4 aliphatic rings. The zero-order chi connectivity index (χ0) is 26.2. The molecule has 0 radical (unpaired) electrons. The Morgan fingerprint density at radius 2 is 1.00 bits per heavy atom. The quantitative estimate of drug-likeness (QED) is 0.421. The summed E-state index contributed by atoms with van der Waals surface area (Å²) in [6.07, 6.45) is 13.4. The van der Waals surface area contributed by atoms with E-state index >= 15 is 0 Å². The molecule has 0 bridgehead atoms. The molecule has 4 heteroatoms. The van der Waals surface area contributed by atoms with Crippen LogP contribution in [0.15, 0.2) is 101 Å². The molecule has 0 aromatic heterocycles.